The van der Waals surface area contributed by atoms with Crippen molar-refractivity contribution in [3.05, 3.63) is 53.5 Å². The zero-order chi connectivity index (χ0) is 16.8. The summed E-state index contributed by atoms with van der Waals surface area (Å²) in [6.07, 6.45) is 0. The lowest BCUT2D eigenvalue weighted by Crippen LogP contribution is -2.39. The van der Waals surface area contributed by atoms with E-state index in [4.69, 9.17) is 9.15 Å². The average molecular weight is 316 g/mol. The maximum Gasteiger partial charge on any atom is 0.322 e. The standard InChI is InChI=1S/C18H24N2O3/c1-13(2)20(11-17-9-8-14(3)23-17)18(21)19-16-7-5-6-15(10-16)12-22-4/h5-10,13H,11-12H2,1-4H3,(H,19,21). The summed E-state index contributed by atoms with van der Waals surface area (Å²) in [5, 5.41) is 2.94. The van der Waals surface area contributed by atoms with E-state index in [0.29, 0.717) is 13.2 Å². The van der Waals surface area contributed by atoms with Crippen molar-refractivity contribution >= 4 is 11.7 Å². The molecule has 124 valence electrons. The molecule has 2 rings (SSSR count). The third kappa shape index (κ3) is 4.86. The fourth-order valence-corrected chi connectivity index (χ4v) is 2.33. The number of hydrogen-bond donors (Lipinski definition) is 1. The number of benzene rings is 1. The van der Waals surface area contributed by atoms with Crippen LogP contribution in [0, 0.1) is 6.92 Å². The molecule has 0 aliphatic carbocycles. The summed E-state index contributed by atoms with van der Waals surface area (Å²) in [5.74, 6) is 1.62. The number of rotatable bonds is 6. The van der Waals surface area contributed by atoms with Crippen molar-refractivity contribution in [1.29, 1.82) is 0 Å². The molecular formula is C18H24N2O3. The van der Waals surface area contributed by atoms with Crippen LogP contribution in [0.15, 0.2) is 40.8 Å². The van der Waals surface area contributed by atoms with Gasteiger partial charge >= 0.3 is 6.03 Å². The third-order valence-electron chi connectivity index (χ3n) is 3.50. The molecule has 2 aromatic rings. The molecular weight excluding hydrogens is 292 g/mol. The molecule has 1 N–H and O–H groups in total. The fraction of sp³-hybridized carbons (Fsp3) is 0.389. The van der Waals surface area contributed by atoms with E-state index in [9.17, 15) is 4.79 Å². The number of nitrogens with one attached hydrogen (secondary N) is 1. The second-order valence-corrected chi connectivity index (χ2v) is 5.80. The zero-order valence-electron chi connectivity index (χ0n) is 14.1. The Balaban J connectivity index is 2.07. The molecule has 0 bridgehead atoms. The highest BCUT2D eigenvalue weighted by Gasteiger charge is 2.19. The summed E-state index contributed by atoms with van der Waals surface area (Å²) in [5.41, 5.74) is 1.77. The van der Waals surface area contributed by atoms with Crippen LogP contribution in [0.5, 0.6) is 0 Å². The molecule has 0 saturated heterocycles. The quantitative estimate of drug-likeness (QED) is 0.870. The van der Waals surface area contributed by atoms with Crippen LogP contribution in [-0.2, 0) is 17.9 Å². The van der Waals surface area contributed by atoms with Crippen LogP contribution in [-0.4, -0.2) is 24.1 Å². The van der Waals surface area contributed by atoms with Gasteiger partial charge in [-0.15, -0.1) is 0 Å². The molecule has 0 fully saturated rings. The van der Waals surface area contributed by atoms with E-state index in [1.165, 1.54) is 0 Å². The number of hydrogen-bond acceptors (Lipinski definition) is 3. The van der Waals surface area contributed by atoms with Crippen LogP contribution in [0.3, 0.4) is 0 Å². The molecule has 1 heterocycles. The summed E-state index contributed by atoms with van der Waals surface area (Å²) in [4.78, 5) is 14.3. The Hall–Kier alpha value is -2.27. The van der Waals surface area contributed by atoms with Gasteiger partial charge in [-0.05, 0) is 50.6 Å². The molecule has 5 nitrogen and oxygen atoms in total. The number of amides is 2. The minimum Gasteiger partial charge on any atom is -0.464 e. The van der Waals surface area contributed by atoms with E-state index in [2.05, 4.69) is 5.32 Å². The minimum atomic E-state index is -0.149. The SMILES string of the molecule is COCc1cccc(NC(=O)N(Cc2ccc(C)o2)C(C)C)c1. The van der Waals surface area contributed by atoms with E-state index in [1.54, 1.807) is 12.0 Å². The Kier molecular flexibility index (Phi) is 5.82. The monoisotopic (exact) mass is 316 g/mol. The number of carbonyl (C=O) groups is 1. The second-order valence-electron chi connectivity index (χ2n) is 5.80. The van der Waals surface area contributed by atoms with Gasteiger partial charge < -0.3 is 19.4 Å². The number of methoxy groups -OCH3 is 1. The highest BCUT2D eigenvalue weighted by molar-refractivity contribution is 5.89. The van der Waals surface area contributed by atoms with Crippen molar-refractivity contribution in [2.75, 3.05) is 12.4 Å². The Labute approximate surface area is 137 Å². The van der Waals surface area contributed by atoms with Crippen LogP contribution in [0.2, 0.25) is 0 Å². The first-order valence-electron chi connectivity index (χ1n) is 7.70. The van der Waals surface area contributed by atoms with Crippen LogP contribution in [0.1, 0.15) is 30.9 Å². The van der Waals surface area contributed by atoms with Crippen molar-refractivity contribution in [2.45, 2.75) is 40.0 Å². The molecule has 5 heteroatoms. The fourth-order valence-electron chi connectivity index (χ4n) is 2.33. The number of urea groups is 1. The van der Waals surface area contributed by atoms with Crippen LogP contribution in [0.4, 0.5) is 10.5 Å². The maximum absolute atomic E-state index is 12.6. The number of carbonyl (C=O) groups excluding carboxylic acids is 1. The maximum atomic E-state index is 12.6. The largest absolute Gasteiger partial charge is 0.464 e. The molecule has 0 radical (unpaired) electrons. The first kappa shape index (κ1) is 17.1. The Morgan fingerprint density at radius 1 is 1.30 bits per heavy atom. The van der Waals surface area contributed by atoms with Gasteiger partial charge in [0.15, 0.2) is 0 Å². The summed E-state index contributed by atoms with van der Waals surface area (Å²) in [6.45, 7) is 6.82. The van der Waals surface area contributed by atoms with Crippen molar-refractivity contribution in [3.63, 3.8) is 0 Å². The van der Waals surface area contributed by atoms with E-state index in [0.717, 1.165) is 22.8 Å². The average Bonchev–Trinajstić information content (AvgIpc) is 2.90. The predicted molar refractivity (Wildman–Crippen MR) is 90.3 cm³/mol. The minimum absolute atomic E-state index is 0.0579. The van der Waals surface area contributed by atoms with Gasteiger partial charge in [0.05, 0.1) is 13.2 Å². The van der Waals surface area contributed by atoms with Crippen molar-refractivity contribution in [2.24, 2.45) is 0 Å². The molecule has 1 aromatic carbocycles. The molecule has 2 amide bonds. The lowest BCUT2D eigenvalue weighted by atomic mass is 10.2. The smallest absolute Gasteiger partial charge is 0.322 e. The Bertz CT molecular complexity index is 649. The Morgan fingerprint density at radius 2 is 2.09 bits per heavy atom. The summed E-state index contributed by atoms with van der Waals surface area (Å²) in [7, 11) is 1.65. The molecule has 0 aliphatic heterocycles. The van der Waals surface area contributed by atoms with Gasteiger partial charge in [0.25, 0.3) is 0 Å². The highest BCUT2D eigenvalue weighted by Crippen LogP contribution is 2.16. The van der Waals surface area contributed by atoms with Crippen LogP contribution >= 0.6 is 0 Å². The molecule has 0 aliphatic rings. The molecule has 1 aromatic heterocycles. The van der Waals surface area contributed by atoms with Gasteiger partial charge in [0.2, 0.25) is 0 Å². The summed E-state index contributed by atoms with van der Waals surface area (Å²) < 4.78 is 10.7. The van der Waals surface area contributed by atoms with E-state index in [1.807, 2.05) is 57.2 Å². The van der Waals surface area contributed by atoms with Gasteiger partial charge in [-0.25, -0.2) is 4.79 Å². The number of anilines is 1. The molecule has 23 heavy (non-hydrogen) atoms. The van der Waals surface area contributed by atoms with E-state index >= 15 is 0 Å². The van der Waals surface area contributed by atoms with Crippen LogP contribution in [0.25, 0.3) is 0 Å². The first-order chi connectivity index (χ1) is 11.0. The van der Waals surface area contributed by atoms with Gasteiger partial charge in [0, 0.05) is 18.8 Å². The summed E-state index contributed by atoms with van der Waals surface area (Å²) in [6, 6.07) is 11.4. The van der Waals surface area contributed by atoms with Crippen molar-refractivity contribution < 1.29 is 13.9 Å². The lowest BCUT2D eigenvalue weighted by molar-refractivity contribution is 0.184. The van der Waals surface area contributed by atoms with Gasteiger partial charge in [0.1, 0.15) is 11.5 Å². The zero-order valence-corrected chi connectivity index (χ0v) is 14.1. The third-order valence-corrected chi connectivity index (χ3v) is 3.50. The number of aryl methyl sites for hydroxylation is 1. The molecule has 0 spiro atoms. The Morgan fingerprint density at radius 3 is 2.70 bits per heavy atom. The number of ether oxygens (including phenoxy) is 1. The van der Waals surface area contributed by atoms with E-state index in [-0.39, 0.29) is 12.1 Å². The van der Waals surface area contributed by atoms with E-state index < -0.39 is 0 Å². The number of furan rings is 1. The topological polar surface area (TPSA) is 54.7 Å². The number of nitrogens with zero attached hydrogens (tertiary/aromatic N) is 1. The molecule has 0 unspecified atom stereocenters. The van der Waals surface area contributed by atoms with Crippen molar-refractivity contribution in [1.82, 2.24) is 4.90 Å². The lowest BCUT2D eigenvalue weighted by Gasteiger charge is -2.26. The normalized spacial score (nSPS) is 10.8. The van der Waals surface area contributed by atoms with Gasteiger partial charge in [-0.3, -0.25) is 0 Å². The second kappa shape index (κ2) is 7.83. The van der Waals surface area contributed by atoms with Gasteiger partial charge in [-0.2, -0.15) is 0 Å². The highest BCUT2D eigenvalue weighted by atomic mass is 16.5. The predicted octanol–water partition coefficient (Wildman–Crippen LogP) is 4.18. The first-order valence-corrected chi connectivity index (χ1v) is 7.70. The summed E-state index contributed by atoms with van der Waals surface area (Å²) >= 11 is 0. The van der Waals surface area contributed by atoms with Crippen molar-refractivity contribution in [3.8, 4) is 0 Å². The van der Waals surface area contributed by atoms with Gasteiger partial charge in [-0.1, -0.05) is 12.1 Å². The molecule has 0 atom stereocenters. The van der Waals surface area contributed by atoms with Crippen LogP contribution < -0.4 is 5.32 Å². The molecule has 0 saturated carbocycles.